The molecule has 0 aliphatic rings. The van der Waals surface area contributed by atoms with Crippen LogP contribution in [-0.4, -0.2) is 19.5 Å². The van der Waals surface area contributed by atoms with Crippen LogP contribution >= 0.6 is 11.3 Å². The van der Waals surface area contributed by atoms with Gasteiger partial charge >= 0.3 is 0 Å². The molecule has 0 bridgehead atoms. The van der Waals surface area contributed by atoms with E-state index < -0.39 is 0 Å². The van der Waals surface area contributed by atoms with Gasteiger partial charge in [0.1, 0.15) is 11.2 Å². The Balaban J connectivity index is 0.929. The van der Waals surface area contributed by atoms with Crippen LogP contribution in [0, 0.1) is 0 Å². The van der Waals surface area contributed by atoms with E-state index in [4.69, 9.17) is 19.4 Å². The van der Waals surface area contributed by atoms with Crippen LogP contribution in [0.3, 0.4) is 0 Å². The Morgan fingerprint density at radius 1 is 0.349 bits per heavy atom. The third-order valence-electron chi connectivity index (χ3n) is 12.3. The molecular formula is C57H34N4OS. The van der Waals surface area contributed by atoms with Crippen LogP contribution in [0.15, 0.2) is 211 Å². The highest BCUT2D eigenvalue weighted by Gasteiger charge is 2.20. The van der Waals surface area contributed by atoms with Crippen molar-refractivity contribution < 1.29 is 4.42 Å². The first-order valence-electron chi connectivity index (χ1n) is 21.1. The Morgan fingerprint density at radius 2 is 0.952 bits per heavy atom. The molecule has 0 amide bonds. The number of thiophene rings is 1. The van der Waals surface area contributed by atoms with Crippen LogP contribution in [-0.2, 0) is 0 Å². The summed E-state index contributed by atoms with van der Waals surface area (Å²) in [5, 5.41) is 6.88. The van der Waals surface area contributed by atoms with Crippen LogP contribution in [0.1, 0.15) is 0 Å². The van der Waals surface area contributed by atoms with Crippen molar-refractivity contribution in [3.63, 3.8) is 0 Å². The summed E-state index contributed by atoms with van der Waals surface area (Å²) in [7, 11) is 0. The fourth-order valence-electron chi connectivity index (χ4n) is 9.29. The Hall–Kier alpha value is -8.19. The maximum atomic E-state index is 6.66. The number of benzene rings is 9. The largest absolute Gasteiger partial charge is 0.456 e. The van der Waals surface area contributed by atoms with Crippen molar-refractivity contribution >= 4 is 75.3 Å². The highest BCUT2D eigenvalue weighted by atomic mass is 32.1. The van der Waals surface area contributed by atoms with Gasteiger partial charge in [0.15, 0.2) is 17.5 Å². The second-order valence-corrected chi connectivity index (χ2v) is 17.1. The molecule has 0 atom stereocenters. The van der Waals surface area contributed by atoms with E-state index >= 15 is 0 Å². The Kier molecular flexibility index (Phi) is 8.01. The lowest BCUT2D eigenvalue weighted by Gasteiger charge is -2.10. The fourth-order valence-corrected chi connectivity index (χ4v) is 10.4. The lowest BCUT2D eigenvalue weighted by Crippen LogP contribution is -2.00. The molecule has 13 aromatic rings. The van der Waals surface area contributed by atoms with E-state index in [0.717, 1.165) is 55.3 Å². The molecular weight excluding hydrogens is 789 g/mol. The predicted octanol–water partition coefficient (Wildman–Crippen LogP) is 15.6. The van der Waals surface area contributed by atoms with E-state index in [2.05, 4.69) is 180 Å². The van der Waals surface area contributed by atoms with Gasteiger partial charge in [0.2, 0.25) is 0 Å². The average molecular weight is 823 g/mol. The van der Waals surface area contributed by atoms with Crippen LogP contribution in [0.25, 0.3) is 126 Å². The van der Waals surface area contributed by atoms with Gasteiger partial charge in [0, 0.05) is 70.2 Å². The molecule has 0 aliphatic carbocycles. The van der Waals surface area contributed by atoms with Gasteiger partial charge in [-0.05, 0) is 76.9 Å². The lowest BCUT2D eigenvalue weighted by molar-refractivity contribution is 0.668. The van der Waals surface area contributed by atoms with Gasteiger partial charge in [-0.2, -0.15) is 0 Å². The zero-order valence-corrected chi connectivity index (χ0v) is 34.6. The summed E-state index contributed by atoms with van der Waals surface area (Å²) in [6, 6.07) is 72.7. The fraction of sp³-hybridized carbons (Fsp3) is 0. The molecule has 63 heavy (non-hydrogen) atoms. The minimum atomic E-state index is 0.595. The molecule has 0 N–H and O–H groups in total. The van der Waals surface area contributed by atoms with E-state index in [0.29, 0.717) is 17.5 Å². The standard InChI is InChI=1S/C57H34N4OS/c1-3-13-35(14-4-1)37-17-11-18-38(31-37)39-26-30-52-47(32-39)44-28-25-40(33-53(44)63-52)56-58-55(36-15-5-2-6-16-36)59-57(60-56)46-21-12-24-50-54(46)45-29-27-41(34-51(45)62-50)61-48-22-9-7-19-42(48)43-20-8-10-23-49(43)61/h1-34H. The second-order valence-electron chi connectivity index (χ2n) is 16.0. The zero-order chi connectivity index (χ0) is 41.4. The van der Waals surface area contributed by atoms with Crippen molar-refractivity contribution in [3.05, 3.63) is 206 Å². The Bertz CT molecular complexity index is 3870. The van der Waals surface area contributed by atoms with Crippen molar-refractivity contribution in [1.82, 2.24) is 19.5 Å². The molecule has 6 heteroatoms. The highest BCUT2D eigenvalue weighted by molar-refractivity contribution is 7.25. The van der Waals surface area contributed by atoms with E-state index in [9.17, 15) is 0 Å². The van der Waals surface area contributed by atoms with Crippen molar-refractivity contribution in [2.24, 2.45) is 0 Å². The molecule has 13 rings (SSSR count). The van der Waals surface area contributed by atoms with Crippen molar-refractivity contribution in [1.29, 1.82) is 0 Å². The molecule has 0 unspecified atom stereocenters. The van der Waals surface area contributed by atoms with Gasteiger partial charge in [-0.25, -0.2) is 15.0 Å². The van der Waals surface area contributed by atoms with Crippen molar-refractivity contribution in [2.75, 3.05) is 0 Å². The number of aromatic nitrogens is 4. The minimum Gasteiger partial charge on any atom is -0.456 e. The highest BCUT2D eigenvalue weighted by Crippen LogP contribution is 2.41. The third kappa shape index (κ3) is 5.87. The summed E-state index contributed by atoms with van der Waals surface area (Å²) >= 11 is 1.80. The minimum absolute atomic E-state index is 0.595. The predicted molar refractivity (Wildman–Crippen MR) is 262 cm³/mol. The number of hydrogen-bond acceptors (Lipinski definition) is 5. The molecule has 0 aliphatic heterocycles. The van der Waals surface area contributed by atoms with E-state index in [1.807, 2.05) is 30.3 Å². The first-order chi connectivity index (χ1) is 31.2. The van der Waals surface area contributed by atoms with E-state index in [1.54, 1.807) is 11.3 Å². The lowest BCUT2D eigenvalue weighted by atomic mass is 9.98. The summed E-state index contributed by atoms with van der Waals surface area (Å²) in [5.74, 6) is 1.83. The number of nitrogens with zero attached hydrogens (tertiary/aromatic N) is 4. The Labute approximate surface area is 365 Å². The number of furan rings is 1. The van der Waals surface area contributed by atoms with Gasteiger partial charge in [-0.3, -0.25) is 0 Å². The number of para-hydroxylation sites is 2. The van der Waals surface area contributed by atoms with Gasteiger partial charge in [0.25, 0.3) is 0 Å². The molecule has 0 radical (unpaired) electrons. The Morgan fingerprint density at radius 3 is 1.73 bits per heavy atom. The first kappa shape index (κ1) is 35.6. The van der Waals surface area contributed by atoms with Crippen LogP contribution in [0.4, 0.5) is 0 Å². The van der Waals surface area contributed by atoms with Crippen LogP contribution in [0.5, 0.6) is 0 Å². The van der Waals surface area contributed by atoms with Crippen LogP contribution < -0.4 is 0 Å². The summed E-state index contributed by atoms with van der Waals surface area (Å²) in [6.45, 7) is 0. The van der Waals surface area contributed by atoms with Crippen LogP contribution in [0.2, 0.25) is 0 Å². The number of fused-ring (bicyclic) bond motifs is 9. The molecule has 5 nitrogen and oxygen atoms in total. The molecule has 4 aromatic heterocycles. The summed E-state index contributed by atoms with van der Waals surface area (Å²) in [4.78, 5) is 15.5. The molecule has 0 spiro atoms. The maximum Gasteiger partial charge on any atom is 0.164 e. The smallest absolute Gasteiger partial charge is 0.164 e. The molecule has 4 heterocycles. The molecule has 294 valence electrons. The quantitative estimate of drug-likeness (QED) is 0.168. The van der Waals surface area contributed by atoms with Gasteiger partial charge in [0.05, 0.1) is 11.0 Å². The zero-order valence-electron chi connectivity index (χ0n) is 33.7. The van der Waals surface area contributed by atoms with Gasteiger partial charge in [-0.1, -0.05) is 146 Å². The van der Waals surface area contributed by atoms with E-state index in [1.165, 1.54) is 53.2 Å². The molecule has 0 saturated carbocycles. The SMILES string of the molecule is c1ccc(-c2cccc(-c3ccc4sc5cc(-c6nc(-c7ccccc7)nc(-c7cccc8oc9cc(-n%10c%11ccccc%11c%11ccccc%11%10)ccc9c78)n6)ccc5c4c3)c2)cc1. The summed E-state index contributed by atoms with van der Waals surface area (Å²) in [5.41, 5.74) is 12.5. The summed E-state index contributed by atoms with van der Waals surface area (Å²) in [6.07, 6.45) is 0. The van der Waals surface area contributed by atoms with Gasteiger partial charge in [-0.15, -0.1) is 11.3 Å². The van der Waals surface area contributed by atoms with E-state index in [-0.39, 0.29) is 0 Å². The number of hydrogen-bond donors (Lipinski definition) is 0. The molecule has 0 saturated heterocycles. The monoisotopic (exact) mass is 822 g/mol. The third-order valence-corrected chi connectivity index (χ3v) is 13.4. The average Bonchev–Trinajstić information content (AvgIpc) is 4.03. The molecule has 9 aromatic carbocycles. The number of rotatable bonds is 6. The molecule has 0 fully saturated rings. The second kappa shape index (κ2) is 14.2. The van der Waals surface area contributed by atoms with Gasteiger partial charge < -0.3 is 8.98 Å². The van der Waals surface area contributed by atoms with Crippen molar-refractivity contribution in [3.8, 4) is 62.1 Å². The summed E-state index contributed by atoms with van der Waals surface area (Å²) < 4.78 is 11.4. The first-order valence-corrected chi connectivity index (χ1v) is 21.9. The van der Waals surface area contributed by atoms with Crippen molar-refractivity contribution in [2.45, 2.75) is 0 Å². The maximum absolute atomic E-state index is 6.66. The normalized spacial score (nSPS) is 11.8. The topological polar surface area (TPSA) is 56.7 Å².